The maximum Gasteiger partial charge on any atom is 0.220 e. The van der Waals surface area contributed by atoms with Gasteiger partial charge in [0.15, 0.2) is 0 Å². The molecule has 2 N–H and O–H groups in total. The van der Waals surface area contributed by atoms with Crippen LogP contribution in [0.3, 0.4) is 0 Å². The van der Waals surface area contributed by atoms with Gasteiger partial charge in [0, 0.05) is 96.4 Å². The fourth-order valence-electron chi connectivity index (χ4n) is 10.3. The highest BCUT2D eigenvalue weighted by Gasteiger charge is 2.52. The van der Waals surface area contributed by atoms with Crippen molar-refractivity contribution in [3.8, 4) is 45.4 Å². The van der Waals surface area contributed by atoms with Crippen LogP contribution in [0.2, 0.25) is 10.0 Å². The van der Waals surface area contributed by atoms with Gasteiger partial charge in [-0.3, -0.25) is 19.4 Å². The summed E-state index contributed by atoms with van der Waals surface area (Å²) in [7, 11) is 3.36. The van der Waals surface area contributed by atoms with Gasteiger partial charge in [0.05, 0.1) is 41.2 Å². The van der Waals surface area contributed by atoms with E-state index >= 15 is 0 Å². The molecule has 6 heterocycles. The van der Waals surface area contributed by atoms with E-state index < -0.39 is 0 Å². The van der Waals surface area contributed by atoms with Gasteiger partial charge in [-0.25, -0.2) is 9.97 Å². The van der Waals surface area contributed by atoms with E-state index in [0.29, 0.717) is 34.6 Å². The Labute approximate surface area is 324 Å². The molecule has 6 aliphatic rings. The van der Waals surface area contributed by atoms with E-state index in [9.17, 15) is 9.59 Å². The van der Waals surface area contributed by atoms with Gasteiger partial charge in [0.2, 0.25) is 23.6 Å². The molecular weight excluding hydrogens is 723 g/mol. The number of nitrogens with zero attached hydrogens (tertiary/aromatic N) is 4. The lowest BCUT2D eigenvalue weighted by Gasteiger charge is -2.50. The predicted octanol–water partition coefficient (Wildman–Crippen LogP) is 6.56. The van der Waals surface area contributed by atoms with Crippen molar-refractivity contribution in [2.24, 2.45) is 5.41 Å². The molecule has 54 heavy (non-hydrogen) atoms. The number of hydrogen-bond donors (Lipinski definition) is 2. The van der Waals surface area contributed by atoms with Gasteiger partial charge >= 0.3 is 0 Å². The number of carbonyl (C=O) groups excluding carboxylic acids is 2. The molecule has 2 aromatic carbocycles. The standard InChI is InChI=1S/C42H42Cl2N6O4/c1-53-39-35-23(9-11-31(35)49-19-41(20-49)17-34(52)45-18-41)15-29(46-39)27-7-3-5-25(37(27)43)26-6-4-8-28(38(26)44)30-16-24-10-12-32(36(24)40(47-30)54-2)50-21-42(22-50)14-13-33(51)48-42/h3-8,15-16,31-32H,9-14,17-22H2,1-2H3,(H,45,52)(H,48,51)/t31-,32?/m0/s1. The van der Waals surface area contributed by atoms with E-state index in [4.69, 9.17) is 42.6 Å². The summed E-state index contributed by atoms with van der Waals surface area (Å²) in [6, 6.07) is 16.7. The lowest BCUT2D eigenvalue weighted by molar-refractivity contribution is -0.121. The number of fused-ring (bicyclic) bond motifs is 2. The summed E-state index contributed by atoms with van der Waals surface area (Å²) in [5, 5.41) is 7.35. The van der Waals surface area contributed by atoms with Gasteiger partial charge < -0.3 is 20.1 Å². The summed E-state index contributed by atoms with van der Waals surface area (Å²) in [4.78, 5) is 38.9. The lowest BCUT2D eigenvalue weighted by Crippen LogP contribution is -2.67. The number of carbonyl (C=O) groups is 2. The topological polar surface area (TPSA) is 109 Å². The average Bonchev–Trinajstić information content (AvgIpc) is 3.95. The number of rotatable bonds is 7. The third kappa shape index (κ3) is 5.35. The number of halogens is 2. The number of methoxy groups -OCH3 is 2. The fourth-order valence-corrected chi connectivity index (χ4v) is 11.0. The molecule has 0 bridgehead atoms. The first-order chi connectivity index (χ1) is 26.2. The summed E-state index contributed by atoms with van der Waals surface area (Å²) in [6.45, 7) is 4.29. The van der Waals surface area contributed by atoms with Crippen molar-refractivity contribution < 1.29 is 19.1 Å². The Kier molecular flexibility index (Phi) is 8.04. The van der Waals surface area contributed by atoms with Crippen LogP contribution < -0.4 is 20.1 Å². The molecule has 0 radical (unpaired) electrons. The van der Waals surface area contributed by atoms with Crippen LogP contribution in [0.15, 0.2) is 48.5 Å². The van der Waals surface area contributed by atoms with E-state index in [-0.39, 0.29) is 34.9 Å². The molecule has 2 atom stereocenters. The molecule has 2 aromatic heterocycles. The largest absolute Gasteiger partial charge is 0.481 e. The van der Waals surface area contributed by atoms with Gasteiger partial charge in [-0.05, 0) is 55.4 Å². The smallest absolute Gasteiger partial charge is 0.220 e. The van der Waals surface area contributed by atoms with Crippen molar-refractivity contribution >= 4 is 35.0 Å². The molecule has 1 unspecified atom stereocenters. The molecule has 4 saturated heterocycles. The van der Waals surface area contributed by atoms with Crippen LogP contribution >= 0.6 is 23.2 Å². The molecule has 2 spiro atoms. The van der Waals surface area contributed by atoms with Crippen molar-refractivity contribution in [3.63, 3.8) is 0 Å². The van der Waals surface area contributed by atoms with Crippen molar-refractivity contribution in [1.29, 1.82) is 0 Å². The number of aryl methyl sites for hydroxylation is 2. The van der Waals surface area contributed by atoms with Gasteiger partial charge in [0.25, 0.3) is 0 Å². The minimum Gasteiger partial charge on any atom is -0.481 e. The van der Waals surface area contributed by atoms with Crippen molar-refractivity contribution in [1.82, 2.24) is 30.4 Å². The first-order valence-electron chi connectivity index (χ1n) is 19.0. The first kappa shape index (κ1) is 34.3. The van der Waals surface area contributed by atoms with Gasteiger partial charge in [-0.1, -0.05) is 59.6 Å². The van der Waals surface area contributed by atoms with Crippen molar-refractivity contribution in [2.45, 2.75) is 62.6 Å². The molecule has 10 nitrogen and oxygen atoms in total. The quantitative estimate of drug-likeness (QED) is 0.218. The summed E-state index contributed by atoms with van der Waals surface area (Å²) in [6.07, 6.45) is 5.95. The van der Waals surface area contributed by atoms with Crippen LogP contribution in [0.25, 0.3) is 33.6 Å². The molecule has 4 fully saturated rings. The fraction of sp³-hybridized carbons (Fsp3) is 0.429. The molecular formula is C42H42Cl2N6O4. The summed E-state index contributed by atoms with van der Waals surface area (Å²) >= 11 is 14.6. The van der Waals surface area contributed by atoms with Crippen LogP contribution in [-0.4, -0.2) is 84.1 Å². The first-order valence-corrected chi connectivity index (χ1v) is 19.7. The zero-order valence-corrected chi connectivity index (χ0v) is 31.9. The SMILES string of the molecule is COc1nc(-c2cccc(-c3cccc(-c4cc5c(c(OC)n4)[C@@H](N4CC6(CNC(=O)C6)C4)CC5)c3Cl)c2Cl)cc2c1C(N1CC3(CCC(=O)N3)C1)CC2. The van der Waals surface area contributed by atoms with E-state index in [1.54, 1.807) is 14.2 Å². The third-order valence-corrected chi connectivity index (χ3v) is 13.7. The number of likely N-dealkylation sites (tertiary alicyclic amines) is 2. The molecule has 2 aliphatic carbocycles. The van der Waals surface area contributed by atoms with Crippen LogP contribution in [-0.2, 0) is 22.4 Å². The number of hydrogen-bond acceptors (Lipinski definition) is 8. The predicted molar refractivity (Wildman–Crippen MR) is 207 cm³/mol. The highest BCUT2D eigenvalue weighted by molar-refractivity contribution is 6.39. The second-order valence-electron chi connectivity index (χ2n) is 16.2. The minimum absolute atomic E-state index is 0.0633. The maximum atomic E-state index is 11.9. The molecule has 12 heteroatoms. The van der Waals surface area contributed by atoms with Crippen molar-refractivity contribution in [2.75, 3.05) is 46.9 Å². The van der Waals surface area contributed by atoms with E-state index in [0.717, 1.165) is 110 Å². The Morgan fingerprint density at radius 2 is 1.24 bits per heavy atom. The second-order valence-corrected chi connectivity index (χ2v) is 17.0. The van der Waals surface area contributed by atoms with Gasteiger partial charge in [-0.2, -0.15) is 0 Å². The Bertz CT molecular complexity index is 2090. The van der Waals surface area contributed by atoms with Crippen molar-refractivity contribution in [3.05, 3.63) is 80.8 Å². The highest BCUT2D eigenvalue weighted by atomic mass is 35.5. The monoisotopic (exact) mass is 764 g/mol. The zero-order chi connectivity index (χ0) is 36.9. The number of aromatic nitrogens is 2. The molecule has 4 aliphatic heterocycles. The average molecular weight is 766 g/mol. The van der Waals surface area contributed by atoms with Crippen LogP contribution in [0.4, 0.5) is 0 Å². The number of nitrogens with one attached hydrogen (secondary N) is 2. The van der Waals surface area contributed by atoms with Crippen LogP contribution in [0, 0.1) is 5.41 Å². The summed E-state index contributed by atoms with van der Waals surface area (Å²) in [5.74, 6) is 1.57. The lowest BCUT2D eigenvalue weighted by atomic mass is 9.77. The molecule has 10 rings (SSSR count). The summed E-state index contributed by atoms with van der Waals surface area (Å²) < 4.78 is 11.9. The maximum absolute atomic E-state index is 11.9. The van der Waals surface area contributed by atoms with Gasteiger partial charge in [-0.15, -0.1) is 0 Å². The number of pyridine rings is 2. The van der Waals surface area contributed by atoms with Gasteiger partial charge in [0.1, 0.15) is 0 Å². The Morgan fingerprint density at radius 3 is 1.70 bits per heavy atom. The normalized spacial score (nSPS) is 23.6. The number of ether oxygens (including phenoxy) is 2. The Hall–Kier alpha value is -4.22. The minimum atomic E-state index is -0.0755. The zero-order valence-electron chi connectivity index (χ0n) is 30.4. The molecule has 2 amide bonds. The van der Waals surface area contributed by atoms with E-state index in [2.05, 4.69) is 32.6 Å². The van der Waals surface area contributed by atoms with E-state index in [1.165, 1.54) is 11.1 Å². The second kappa shape index (κ2) is 12.7. The van der Waals surface area contributed by atoms with Crippen LogP contribution in [0.1, 0.15) is 66.4 Å². The van der Waals surface area contributed by atoms with Crippen LogP contribution in [0.5, 0.6) is 11.8 Å². The Morgan fingerprint density at radius 1 is 0.722 bits per heavy atom. The highest BCUT2D eigenvalue weighted by Crippen LogP contribution is 2.51. The third-order valence-electron chi connectivity index (χ3n) is 12.9. The molecule has 4 aromatic rings. The summed E-state index contributed by atoms with van der Waals surface area (Å²) in [5.41, 5.74) is 9.49. The number of benzene rings is 2. The number of amides is 2. The molecule has 278 valence electrons. The van der Waals surface area contributed by atoms with E-state index in [1.807, 2.05) is 36.4 Å². The molecule has 0 saturated carbocycles. The Balaban J connectivity index is 0.937.